The number of rotatable bonds is 5. The topological polar surface area (TPSA) is 78.4 Å². The lowest BCUT2D eigenvalue weighted by Crippen LogP contribution is -2.43. The Labute approximate surface area is 126 Å². The Hall–Kier alpha value is -1.56. The molecule has 2 amide bonds. The molecule has 1 unspecified atom stereocenters. The number of aryl methyl sites for hydroxylation is 1. The van der Waals surface area contributed by atoms with Crippen LogP contribution in [0.2, 0.25) is 0 Å². The fourth-order valence-electron chi connectivity index (χ4n) is 1.74. The Kier molecular flexibility index (Phi) is 6.01. The van der Waals surface area contributed by atoms with Crippen LogP contribution < -0.4 is 10.6 Å². The number of anilines is 1. The molecule has 0 heterocycles. The highest BCUT2D eigenvalue weighted by atomic mass is 79.9. The Morgan fingerprint density at radius 2 is 2.00 bits per heavy atom. The molecule has 0 aliphatic carbocycles. The van der Waals surface area contributed by atoms with E-state index in [1.54, 1.807) is 6.07 Å². The zero-order valence-corrected chi connectivity index (χ0v) is 13.3. The highest BCUT2D eigenvalue weighted by molar-refractivity contribution is 9.10. The zero-order valence-electron chi connectivity index (χ0n) is 11.7. The first-order chi connectivity index (χ1) is 9.29. The first kappa shape index (κ1) is 16.5. The minimum absolute atomic E-state index is 0.186. The van der Waals surface area contributed by atoms with Gasteiger partial charge in [0.15, 0.2) is 0 Å². The lowest BCUT2D eigenvalue weighted by molar-refractivity contribution is -0.139. The van der Waals surface area contributed by atoms with Crippen molar-refractivity contribution in [1.29, 1.82) is 0 Å². The molecule has 1 rings (SSSR count). The molecule has 0 aromatic heterocycles. The molecule has 1 aromatic carbocycles. The predicted molar refractivity (Wildman–Crippen MR) is 81.9 cm³/mol. The Bertz CT molecular complexity index is 503. The molecule has 0 spiro atoms. The summed E-state index contributed by atoms with van der Waals surface area (Å²) in [6, 6.07) is 3.98. The van der Waals surface area contributed by atoms with Crippen molar-refractivity contribution in [1.82, 2.24) is 5.32 Å². The second kappa shape index (κ2) is 7.28. The van der Waals surface area contributed by atoms with Crippen molar-refractivity contribution >= 4 is 33.6 Å². The number of amides is 2. The van der Waals surface area contributed by atoms with Gasteiger partial charge in [0.05, 0.1) is 0 Å². The summed E-state index contributed by atoms with van der Waals surface area (Å²) >= 11 is 3.38. The van der Waals surface area contributed by atoms with E-state index in [0.717, 1.165) is 10.0 Å². The number of nitrogens with one attached hydrogen (secondary N) is 2. The number of urea groups is 1. The second-order valence-electron chi connectivity index (χ2n) is 5.08. The minimum Gasteiger partial charge on any atom is -0.480 e. The number of hydrogen-bond acceptors (Lipinski definition) is 2. The van der Waals surface area contributed by atoms with Gasteiger partial charge in [0.2, 0.25) is 0 Å². The molecule has 6 heteroatoms. The van der Waals surface area contributed by atoms with Gasteiger partial charge in [-0.25, -0.2) is 9.59 Å². The van der Waals surface area contributed by atoms with Gasteiger partial charge in [0.1, 0.15) is 6.04 Å². The van der Waals surface area contributed by atoms with Crippen LogP contribution in [0.15, 0.2) is 22.7 Å². The van der Waals surface area contributed by atoms with Crippen molar-refractivity contribution in [2.75, 3.05) is 5.32 Å². The maximum atomic E-state index is 11.8. The molecule has 1 atom stereocenters. The summed E-state index contributed by atoms with van der Waals surface area (Å²) in [7, 11) is 0. The smallest absolute Gasteiger partial charge is 0.326 e. The number of carbonyl (C=O) groups excluding carboxylic acids is 1. The molecule has 0 saturated carbocycles. The van der Waals surface area contributed by atoms with Crippen LogP contribution in [0, 0.1) is 12.8 Å². The van der Waals surface area contributed by atoms with E-state index in [9.17, 15) is 9.59 Å². The van der Waals surface area contributed by atoms with Crippen LogP contribution in [-0.4, -0.2) is 23.1 Å². The van der Waals surface area contributed by atoms with Gasteiger partial charge in [0, 0.05) is 10.2 Å². The Morgan fingerprint density at radius 1 is 1.35 bits per heavy atom. The van der Waals surface area contributed by atoms with Crippen molar-refractivity contribution in [2.24, 2.45) is 5.92 Å². The quantitative estimate of drug-likeness (QED) is 0.767. The van der Waals surface area contributed by atoms with Gasteiger partial charge in [-0.3, -0.25) is 0 Å². The molecule has 1 aromatic rings. The molecule has 20 heavy (non-hydrogen) atoms. The van der Waals surface area contributed by atoms with E-state index in [1.165, 1.54) is 0 Å². The maximum absolute atomic E-state index is 11.8. The molecule has 3 N–H and O–H groups in total. The number of aliphatic carboxylic acids is 1. The molecular formula is C14H19BrN2O3. The molecule has 5 nitrogen and oxygen atoms in total. The monoisotopic (exact) mass is 342 g/mol. The average Bonchev–Trinajstić information content (AvgIpc) is 2.32. The Balaban J connectivity index is 2.65. The number of carboxylic acids is 1. The Morgan fingerprint density at radius 3 is 2.50 bits per heavy atom. The van der Waals surface area contributed by atoms with Crippen LogP contribution in [-0.2, 0) is 4.79 Å². The average molecular weight is 343 g/mol. The highest BCUT2D eigenvalue weighted by Gasteiger charge is 2.21. The van der Waals surface area contributed by atoms with E-state index in [1.807, 2.05) is 32.9 Å². The second-order valence-corrected chi connectivity index (χ2v) is 5.94. The van der Waals surface area contributed by atoms with E-state index in [2.05, 4.69) is 26.6 Å². The first-order valence-corrected chi connectivity index (χ1v) is 7.15. The number of hydrogen-bond donors (Lipinski definition) is 3. The number of carboxylic acid groups (broad SMARTS) is 1. The molecule has 0 aliphatic heterocycles. The summed E-state index contributed by atoms with van der Waals surface area (Å²) < 4.78 is 0.951. The van der Waals surface area contributed by atoms with Gasteiger partial charge in [-0.05, 0) is 43.0 Å². The molecule has 0 fully saturated rings. The van der Waals surface area contributed by atoms with Crippen LogP contribution in [0.5, 0.6) is 0 Å². The predicted octanol–water partition coefficient (Wildman–Crippen LogP) is 3.38. The molecule has 110 valence electrons. The lowest BCUT2D eigenvalue weighted by atomic mass is 10.0. The number of halogens is 1. The largest absolute Gasteiger partial charge is 0.480 e. The van der Waals surface area contributed by atoms with E-state index >= 15 is 0 Å². The van der Waals surface area contributed by atoms with Gasteiger partial charge in [-0.1, -0.05) is 29.8 Å². The van der Waals surface area contributed by atoms with E-state index in [-0.39, 0.29) is 5.92 Å². The first-order valence-electron chi connectivity index (χ1n) is 6.36. The normalized spacial score (nSPS) is 12.1. The van der Waals surface area contributed by atoms with E-state index in [0.29, 0.717) is 12.1 Å². The zero-order chi connectivity index (χ0) is 15.3. The summed E-state index contributed by atoms with van der Waals surface area (Å²) in [5.41, 5.74) is 1.61. The van der Waals surface area contributed by atoms with E-state index in [4.69, 9.17) is 5.11 Å². The number of benzene rings is 1. The highest BCUT2D eigenvalue weighted by Crippen LogP contribution is 2.19. The minimum atomic E-state index is -1.03. The van der Waals surface area contributed by atoms with Crippen molar-refractivity contribution in [3.05, 3.63) is 28.2 Å². The molecule has 0 aliphatic rings. The summed E-state index contributed by atoms with van der Waals surface area (Å²) in [5.74, 6) is -0.841. The van der Waals surface area contributed by atoms with Gasteiger partial charge in [-0.2, -0.15) is 0 Å². The molecule has 0 bridgehead atoms. The summed E-state index contributed by atoms with van der Waals surface area (Å²) in [5, 5.41) is 14.2. The van der Waals surface area contributed by atoms with Crippen LogP contribution in [0.25, 0.3) is 0 Å². The molecule has 0 saturated heterocycles. The van der Waals surface area contributed by atoms with Gasteiger partial charge >= 0.3 is 12.0 Å². The fourth-order valence-corrected chi connectivity index (χ4v) is 1.99. The molecule has 0 radical (unpaired) electrons. The van der Waals surface area contributed by atoms with Crippen molar-refractivity contribution in [3.63, 3.8) is 0 Å². The van der Waals surface area contributed by atoms with Crippen molar-refractivity contribution in [3.8, 4) is 0 Å². The van der Waals surface area contributed by atoms with Crippen LogP contribution in [0.1, 0.15) is 25.8 Å². The SMILES string of the molecule is Cc1cc(NC(=O)NC(CC(C)C)C(=O)O)ccc1Br. The van der Waals surface area contributed by atoms with Crippen LogP contribution >= 0.6 is 15.9 Å². The van der Waals surface area contributed by atoms with Crippen LogP contribution in [0.3, 0.4) is 0 Å². The summed E-state index contributed by atoms with van der Waals surface area (Å²) in [6.07, 6.45) is 0.391. The third-order valence-corrected chi connectivity index (χ3v) is 3.62. The van der Waals surface area contributed by atoms with Crippen LogP contribution in [0.4, 0.5) is 10.5 Å². The third-order valence-electron chi connectivity index (χ3n) is 2.73. The summed E-state index contributed by atoms with van der Waals surface area (Å²) in [6.45, 7) is 5.73. The lowest BCUT2D eigenvalue weighted by Gasteiger charge is -2.17. The van der Waals surface area contributed by atoms with Crippen molar-refractivity contribution < 1.29 is 14.7 Å². The van der Waals surface area contributed by atoms with Gasteiger partial charge < -0.3 is 15.7 Å². The van der Waals surface area contributed by atoms with Crippen molar-refractivity contribution in [2.45, 2.75) is 33.2 Å². The fraction of sp³-hybridized carbons (Fsp3) is 0.429. The molecular weight excluding hydrogens is 324 g/mol. The number of carbonyl (C=O) groups is 2. The van der Waals surface area contributed by atoms with E-state index < -0.39 is 18.0 Å². The maximum Gasteiger partial charge on any atom is 0.326 e. The third kappa shape index (κ3) is 5.21. The summed E-state index contributed by atoms with van der Waals surface area (Å²) in [4.78, 5) is 22.9. The van der Waals surface area contributed by atoms with Gasteiger partial charge in [0.25, 0.3) is 0 Å². The van der Waals surface area contributed by atoms with Gasteiger partial charge in [-0.15, -0.1) is 0 Å². The standard InChI is InChI=1S/C14H19BrN2O3/c1-8(2)6-12(13(18)19)17-14(20)16-10-4-5-11(15)9(3)7-10/h4-5,7-8,12H,6H2,1-3H3,(H,18,19)(H2,16,17,20).